The van der Waals surface area contributed by atoms with Gasteiger partial charge in [-0.25, -0.2) is 0 Å². The van der Waals surface area contributed by atoms with Crippen molar-refractivity contribution in [2.75, 3.05) is 0 Å². The van der Waals surface area contributed by atoms with Crippen molar-refractivity contribution in [1.29, 1.82) is 0 Å². The Morgan fingerprint density at radius 1 is 1.47 bits per heavy atom. The maximum absolute atomic E-state index is 12.1. The van der Waals surface area contributed by atoms with E-state index in [1.165, 1.54) is 0 Å². The van der Waals surface area contributed by atoms with Crippen LogP contribution in [0.5, 0.6) is 0 Å². The van der Waals surface area contributed by atoms with E-state index >= 15 is 0 Å². The Morgan fingerprint density at radius 3 is 2.89 bits per heavy atom. The molecule has 2 unspecified atom stereocenters. The molecule has 102 valence electrons. The SMILES string of the molecule is CC(O)CC(C)NC(=O)c1nnc2ccc(Br)cn12. The molecule has 0 radical (unpaired) electrons. The molecule has 0 spiro atoms. The molecule has 0 bridgehead atoms. The molecule has 1 amide bonds. The Hall–Kier alpha value is -1.47. The van der Waals surface area contributed by atoms with Crippen molar-refractivity contribution in [3.05, 3.63) is 28.6 Å². The van der Waals surface area contributed by atoms with Gasteiger partial charge in [0.2, 0.25) is 5.82 Å². The second-order valence-corrected chi connectivity index (χ2v) is 5.47. The van der Waals surface area contributed by atoms with Gasteiger partial charge in [-0.15, -0.1) is 10.2 Å². The first-order valence-electron chi connectivity index (χ1n) is 5.96. The molecule has 19 heavy (non-hydrogen) atoms. The number of pyridine rings is 1. The summed E-state index contributed by atoms with van der Waals surface area (Å²) >= 11 is 3.34. The Bertz CT molecular complexity index is 596. The highest BCUT2D eigenvalue weighted by Crippen LogP contribution is 2.12. The summed E-state index contributed by atoms with van der Waals surface area (Å²) in [5.41, 5.74) is 0.608. The van der Waals surface area contributed by atoms with Crippen LogP contribution >= 0.6 is 15.9 Å². The zero-order valence-corrected chi connectivity index (χ0v) is 12.3. The third-order valence-electron chi connectivity index (χ3n) is 2.64. The number of hydrogen-bond donors (Lipinski definition) is 2. The number of rotatable bonds is 4. The summed E-state index contributed by atoms with van der Waals surface area (Å²) in [4.78, 5) is 12.1. The summed E-state index contributed by atoms with van der Waals surface area (Å²) in [6, 6.07) is 3.47. The van der Waals surface area contributed by atoms with Gasteiger partial charge in [-0.2, -0.15) is 0 Å². The molecule has 0 aliphatic carbocycles. The Morgan fingerprint density at radius 2 is 2.21 bits per heavy atom. The van der Waals surface area contributed by atoms with Gasteiger partial charge in [-0.05, 0) is 48.3 Å². The third kappa shape index (κ3) is 3.30. The summed E-state index contributed by atoms with van der Waals surface area (Å²) in [6.07, 6.45) is 1.77. The number of fused-ring (bicyclic) bond motifs is 1. The average Bonchev–Trinajstić information content (AvgIpc) is 2.70. The van der Waals surface area contributed by atoms with Crippen molar-refractivity contribution in [2.24, 2.45) is 0 Å². The fraction of sp³-hybridized carbons (Fsp3) is 0.417. The number of nitrogens with one attached hydrogen (secondary N) is 1. The van der Waals surface area contributed by atoms with Gasteiger partial charge >= 0.3 is 0 Å². The van der Waals surface area contributed by atoms with Crippen molar-refractivity contribution in [3.8, 4) is 0 Å². The van der Waals surface area contributed by atoms with E-state index in [4.69, 9.17) is 0 Å². The third-order valence-corrected chi connectivity index (χ3v) is 3.11. The van der Waals surface area contributed by atoms with E-state index in [1.807, 2.05) is 13.0 Å². The van der Waals surface area contributed by atoms with Crippen LogP contribution in [-0.4, -0.2) is 37.8 Å². The Kier molecular flexibility index (Phi) is 4.16. The number of aromatic nitrogens is 3. The van der Waals surface area contributed by atoms with Crippen LogP contribution in [0.3, 0.4) is 0 Å². The Labute approximate surface area is 119 Å². The number of carbonyl (C=O) groups is 1. The minimum absolute atomic E-state index is 0.132. The average molecular weight is 327 g/mol. The molecule has 0 saturated carbocycles. The van der Waals surface area contributed by atoms with E-state index in [-0.39, 0.29) is 17.8 Å². The van der Waals surface area contributed by atoms with Crippen molar-refractivity contribution >= 4 is 27.5 Å². The van der Waals surface area contributed by atoms with E-state index in [1.54, 1.807) is 23.6 Å². The summed E-state index contributed by atoms with van der Waals surface area (Å²) in [7, 11) is 0. The van der Waals surface area contributed by atoms with Crippen molar-refractivity contribution in [3.63, 3.8) is 0 Å². The molecular formula is C12H15BrN4O2. The first-order valence-corrected chi connectivity index (χ1v) is 6.76. The van der Waals surface area contributed by atoms with Gasteiger partial charge in [0.1, 0.15) is 0 Å². The van der Waals surface area contributed by atoms with Gasteiger partial charge in [0.25, 0.3) is 5.91 Å². The zero-order valence-electron chi connectivity index (χ0n) is 10.7. The highest BCUT2D eigenvalue weighted by Gasteiger charge is 2.17. The van der Waals surface area contributed by atoms with E-state index in [2.05, 4.69) is 31.4 Å². The molecule has 2 aromatic rings. The predicted molar refractivity (Wildman–Crippen MR) is 73.9 cm³/mol. The molecule has 0 aromatic carbocycles. The molecule has 6 nitrogen and oxygen atoms in total. The molecule has 7 heteroatoms. The molecule has 0 aliphatic heterocycles. The van der Waals surface area contributed by atoms with Gasteiger partial charge in [-0.3, -0.25) is 9.20 Å². The van der Waals surface area contributed by atoms with Crippen LogP contribution in [0.4, 0.5) is 0 Å². The quantitative estimate of drug-likeness (QED) is 0.889. The van der Waals surface area contributed by atoms with Crippen molar-refractivity contribution < 1.29 is 9.90 Å². The second kappa shape index (κ2) is 5.66. The number of aliphatic hydroxyl groups is 1. The molecule has 2 atom stereocenters. The Balaban J connectivity index is 2.19. The van der Waals surface area contributed by atoms with Crippen LogP contribution in [0.1, 0.15) is 30.9 Å². The second-order valence-electron chi connectivity index (χ2n) is 4.56. The standard InChI is InChI=1S/C12H15BrN4O2/c1-7(5-8(2)18)14-12(19)11-16-15-10-4-3-9(13)6-17(10)11/h3-4,6-8,18H,5H2,1-2H3,(H,14,19). The largest absolute Gasteiger partial charge is 0.393 e. The van der Waals surface area contributed by atoms with Crippen molar-refractivity contribution in [2.45, 2.75) is 32.4 Å². The molecular weight excluding hydrogens is 312 g/mol. The zero-order chi connectivity index (χ0) is 14.0. The normalized spacial score (nSPS) is 14.3. The fourth-order valence-corrected chi connectivity index (χ4v) is 2.22. The number of nitrogens with zero attached hydrogens (tertiary/aromatic N) is 3. The van der Waals surface area contributed by atoms with E-state index in [9.17, 15) is 9.90 Å². The highest BCUT2D eigenvalue weighted by molar-refractivity contribution is 9.10. The number of carbonyl (C=O) groups excluding carboxylic acids is 1. The molecule has 0 fully saturated rings. The topological polar surface area (TPSA) is 79.5 Å². The van der Waals surface area contributed by atoms with Gasteiger partial charge in [0.05, 0.1) is 6.10 Å². The van der Waals surface area contributed by atoms with E-state index in [0.717, 1.165) is 4.47 Å². The molecule has 0 saturated heterocycles. The molecule has 0 aliphatic rings. The van der Waals surface area contributed by atoms with Crippen LogP contribution in [0.2, 0.25) is 0 Å². The summed E-state index contributed by atoms with van der Waals surface area (Å²) in [5, 5.41) is 19.9. The fourth-order valence-electron chi connectivity index (χ4n) is 1.88. The van der Waals surface area contributed by atoms with E-state index in [0.29, 0.717) is 12.1 Å². The van der Waals surface area contributed by atoms with Gasteiger partial charge in [0.15, 0.2) is 5.65 Å². The van der Waals surface area contributed by atoms with Gasteiger partial charge in [0, 0.05) is 16.7 Å². The summed E-state index contributed by atoms with van der Waals surface area (Å²) < 4.78 is 2.46. The maximum atomic E-state index is 12.1. The number of halogens is 1. The monoisotopic (exact) mass is 326 g/mol. The minimum Gasteiger partial charge on any atom is -0.393 e. The highest BCUT2D eigenvalue weighted by atomic mass is 79.9. The first kappa shape index (κ1) is 14.0. The van der Waals surface area contributed by atoms with Crippen LogP contribution in [0, 0.1) is 0 Å². The predicted octanol–water partition coefficient (Wildman–Crippen LogP) is 1.38. The molecule has 2 aromatic heterocycles. The lowest BCUT2D eigenvalue weighted by Gasteiger charge is -2.14. The van der Waals surface area contributed by atoms with Crippen LogP contribution in [-0.2, 0) is 0 Å². The maximum Gasteiger partial charge on any atom is 0.289 e. The van der Waals surface area contributed by atoms with Gasteiger partial charge in [-0.1, -0.05) is 0 Å². The lowest BCUT2D eigenvalue weighted by Crippen LogP contribution is -2.35. The minimum atomic E-state index is -0.459. The lowest BCUT2D eigenvalue weighted by atomic mass is 10.1. The molecule has 2 heterocycles. The number of aliphatic hydroxyl groups excluding tert-OH is 1. The van der Waals surface area contributed by atoms with Crippen molar-refractivity contribution in [1.82, 2.24) is 19.9 Å². The number of hydrogen-bond acceptors (Lipinski definition) is 4. The first-order chi connectivity index (χ1) is 8.97. The van der Waals surface area contributed by atoms with Gasteiger partial charge < -0.3 is 10.4 Å². The summed E-state index contributed by atoms with van der Waals surface area (Å²) in [5.74, 6) is -0.0764. The van der Waals surface area contributed by atoms with Crippen LogP contribution < -0.4 is 5.32 Å². The molecule has 2 N–H and O–H groups in total. The van der Waals surface area contributed by atoms with E-state index < -0.39 is 6.10 Å². The lowest BCUT2D eigenvalue weighted by molar-refractivity contribution is 0.0911. The van der Waals surface area contributed by atoms with Crippen LogP contribution in [0.25, 0.3) is 5.65 Å². The number of amides is 1. The smallest absolute Gasteiger partial charge is 0.289 e. The summed E-state index contributed by atoms with van der Waals surface area (Å²) in [6.45, 7) is 3.52. The molecule has 2 rings (SSSR count). The van der Waals surface area contributed by atoms with Crippen LogP contribution in [0.15, 0.2) is 22.8 Å².